The molecule has 0 spiro atoms. The fourth-order valence-corrected chi connectivity index (χ4v) is 3.83. The number of carbonyl (C=O) groups is 1. The van der Waals surface area contributed by atoms with Gasteiger partial charge >= 0.3 is 6.09 Å². The molecule has 0 N–H and O–H groups in total. The Hall–Kier alpha value is -3.67. The minimum atomic E-state index is -0.517. The molecule has 3 aromatic heterocycles. The van der Waals surface area contributed by atoms with E-state index in [1.807, 2.05) is 38.3 Å². The second kappa shape index (κ2) is 8.46. The summed E-state index contributed by atoms with van der Waals surface area (Å²) in [6, 6.07) is 7.66. The lowest BCUT2D eigenvalue weighted by molar-refractivity contribution is 0.0199. The van der Waals surface area contributed by atoms with E-state index in [2.05, 4.69) is 20.9 Å². The molecule has 0 bridgehead atoms. The second-order valence-corrected chi connectivity index (χ2v) is 8.97. The van der Waals surface area contributed by atoms with Crippen LogP contribution in [0.2, 0.25) is 0 Å². The number of pyridine rings is 1. The van der Waals surface area contributed by atoms with Gasteiger partial charge in [0.15, 0.2) is 5.82 Å². The molecule has 9 nitrogen and oxygen atoms in total. The first-order valence-corrected chi connectivity index (χ1v) is 10.7. The first kappa shape index (κ1) is 21.6. The predicted octanol–water partition coefficient (Wildman–Crippen LogP) is 3.50. The molecule has 1 amide bonds. The number of aromatic nitrogens is 4. The number of ether oxygens (including phenoxy) is 1. The monoisotopic (exact) mass is 433 g/mol. The molecule has 1 aliphatic heterocycles. The van der Waals surface area contributed by atoms with Gasteiger partial charge in [0.25, 0.3) is 0 Å². The zero-order valence-electron chi connectivity index (χ0n) is 18.8. The lowest BCUT2D eigenvalue weighted by Gasteiger charge is -2.38. The van der Waals surface area contributed by atoms with Gasteiger partial charge in [0.1, 0.15) is 28.8 Å². The second-order valence-electron chi connectivity index (χ2n) is 8.97. The summed E-state index contributed by atoms with van der Waals surface area (Å²) >= 11 is 0. The summed E-state index contributed by atoms with van der Waals surface area (Å²) in [6.07, 6.45) is 6.73. The highest BCUT2D eigenvalue weighted by Crippen LogP contribution is 2.24. The fraction of sp³-hybridized carbons (Fsp3) is 0.435. The van der Waals surface area contributed by atoms with Crippen LogP contribution in [0.3, 0.4) is 0 Å². The van der Waals surface area contributed by atoms with E-state index < -0.39 is 5.60 Å². The molecule has 0 saturated carbocycles. The summed E-state index contributed by atoms with van der Waals surface area (Å²) in [5.41, 5.74) is 1.46. The molecule has 166 valence electrons. The molecule has 0 aliphatic carbocycles. The number of rotatable bonds is 3. The largest absolute Gasteiger partial charge is 0.444 e. The standard InChI is InChI=1S/C23H27N7O2/c1-23(2,3)32-22(31)29-11-5-6-17(15-29)28(4)20-9-10-25-21(27-20)18-13-26-19-8-7-16(12-24)14-30(18)19/h7-10,13-14,17H,5-6,11,15H2,1-4H3. The number of likely N-dealkylation sites (N-methyl/N-ethyl adjacent to an activating group) is 1. The molecule has 9 heteroatoms. The van der Waals surface area contributed by atoms with E-state index in [9.17, 15) is 10.1 Å². The lowest BCUT2D eigenvalue weighted by atomic mass is 10.0. The summed E-state index contributed by atoms with van der Waals surface area (Å²) in [7, 11) is 1.98. The van der Waals surface area contributed by atoms with E-state index >= 15 is 0 Å². The van der Waals surface area contributed by atoms with Gasteiger partial charge in [-0.1, -0.05) is 0 Å². The van der Waals surface area contributed by atoms with Crippen molar-refractivity contribution in [2.75, 3.05) is 25.0 Å². The molecular formula is C23H27N7O2. The third kappa shape index (κ3) is 4.49. The van der Waals surface area contributed by atoms with Crippen molar-refractivity contribution in [3.05, 3.63) is 42.4 Å². The van der Waals surface area contributed by atoms with Crippen molar-refractivity contribution in [3.63, 3.8) is 0 Å². The smallest absolute Gasteiger partial charge is 0.410 e. The third-order valence-corrected chi connectivity index (χ3v) is 5.46. The van der Waals surface area contributed by atoms with Crippen LogP contribution in [0.1, 0.15) is 39.2 Å². The van der Waals surface area contributed by atoms with Gasteiger partial charge in [0.2, 0.25) is 0 Å². The molecule has 0 aromatic carbocycles. The first-order chi connectivity index (χ1) is 15.2. The number of carbonyl (C=O) groups excluding carboxylic acids is 1. The molecule has 0 radical (unpaired) electrons. The average molecular weight is 434 g/mol. The van der Waals surface area contributed by atoms with Crippen molar-refractivity contribution in [3.8, 4) is 17.6 Å². The van der Waals surface area contributed by atoms with Crippen molar-refractivity contribution in [2.45, 2.75) is 45.3 Å². The lowest BCUT2D eigenvalue weighted by Crippen LogP contribution is -2.50. The van der Waals surface area contributed by atoms with Crippen molar-refractivity contribution in [1.82, 2.24) is 24.3 Å². The SMILES string of the molecule is CN(c1ccnc(-c2cnc3ccc(C#N)cn23)n1)C1CCCN(C(=O)OC(C)(C)C)C1. The van der Waals surface area contributed by atoms with Crippen molar-refractivity contribution in [2.24, 2.45) is 0 Å². The zero-order valence-corrected chi connectivity index (χ0v) is 18.8. The maximum atomic E-state index is 12.5. The van der Waals surface area contributed by atoms with Crippen LogP contribution in [-0.2, 0) is 4.74 Å². The Morgan fingerprint density at radius 2 is 2.09 bits per heavy atom. The Balaban J connectivity index is 1.56. The van der Waals surface area contributed by atoms with E-state index in [1.54, 1.807) is 35.6 Å². The van der Waals surface area contributed by atoms with Crippen LogP contribution in [0.5, 0.6) is 0 Å². The number of nitrogens with zero attached hydrogens (tertiary/aromatic N) is 7. The number of hydrogen-bond acceptors (Lipinski definition) is 7. The Morgan fingerprint density at radius 3 is 2.84 bits per heavy atom. The van der Waals surface area contributed by atoms with Crippen LogP contribution in [-0.4, -0.2) is 62.1 Å². The molecule has 1 unspecified atom stereocenters. The van der Waals surface area contributed by atoms with Crippen LogP contribution in [0.25, 0.3) is 17.2 Å². The summed E-state index contributed by atoms with van der Waals surface area (Å²) in [6.45, 7) is 6.89. The minimum Gasteiger partial charge on any atom is -0.444 e. The molecule has 32 heavy (non-hydrogen) atoms. The third-order valence-electron chi connectivity index (χ3n) is 5.46. The summed E-state index contributed by atoms with van der Waals surface area (Å²) in [5, 5.41) is 9.22. The summed E-state index contributed by atoms with van der Waals surface area (Å²) in [4.78, 5) is 30.0. The molecule has 1 saturated heterocycles. The molecule has 4 rings (SSSR count). The quantitative estimate of drug-likeness (QED) is 0.623. The molecule has 3 aromatic rings. The highest BCUT2D eigenvalue weighted by molar-refractivity contribution is 5.68. The van der Waals surface area contributed by atoms with Crippen molar-refractivity contribution in [1.29, 1.82) is 5.26 Å². The molecule has 1 aliphatic rings. The Morgan fingerprint density at radius 1 is 1.28 bits per heavy atom. The van der Waals surface area contributed by atoms with Gasteiger partial charge in [-0.2, -0.15) is 5.26 Å². The van der Waals surface area contributed by atoms with Crippen LogP contribution >= 0.6 is 0 Å². The van der Waals surface area contributed by atoms with Crippen LogP contribution in [0, 0.1) is 11.3 Å². The molecule has 4 heterocycles. The van der Waals surface area contributed by atoms with Crippen LogP contribution in [0.4, 0.5) is 10.6 Å². The Bertz CT molecular complexity index is 1180. The van der Waals surface area contributed by atoms with Gasteiger partial charge in [-0.25, -0.2) is 19.7 Å². The number of hydrogen-bond donors (Lipinski definition) is 0. The van der Waals surface area contributed by atoms with Crippen LogP contribution < -0.4 is 4.90 Å². The van der Waals surface area contributed by atoms with E-state index in [0.717, 1.165) is 24.3 Å². The Labute approximate surface area is 187 Å². The highest BCUT2D eigenvalue weighted by atomic mass is 16.6. The predicted molar refractivity (Wildman–Crippen MR) is 120 cm³/mol. The van der Waals surface area contributed by atoms with Gasteiger partial charge in [0.05, 0.1) is 11.8 Å². The fourth-order valence-electron chi connectivity index (χ4n) is 3.83. The van der Waals surface area contributed by atoms with Gasteiger partial charge in [0, 0.05) is 38.6 Å². The summed E-state index contributed by atoms with van der Waals surface area (Å²) in [5.74, 6) is 1.29. The maximum absolute atomic E-state index is 12.5. The topological polar surface area (TPSA) is 99.6 Å². The summed E-state index contributed by atoms with van der Waals surface area (Å²) < 4.78 is 7.37. The zero-order chi connectivity index (χ0) is 22.9. The van der Waals surface area contributed by atoms with Crippen molar-refractivity contribution >= 4 is 17.6 Å². The van der Waals surface area contributed by atoms with Crippen LogP contribution in [0.15, 0.2) is 36.8 Å². The Kier molecular flexibility index (Phi) is 5.70. The van der Waals surface area contributed by atoms with Crippen molar-refractivity contribution < 1.29 is 9.53 Å². The van der Waals surface area contributed by atoms with E-state index in [-0.39, 0.29) is 12.1 Å². The molecule has 1 fully saturated rings. The molecular weight excluding hydrogens is 406 g/mol. The number of anilines is 1. The van der Waals surface area contributed by atoms with Gasteiger partial charge in [-0.3, -0.25) is 4.40 Å². The van der Waals surface area contributed by atoms with Gasteiger partial charge in [-0.05, 0) is 51.8 Å². The van der Waals surface area contributed by atoms with E-state index in [1.165, 1.54) is 0 Å². The average Bonchev–Trinajstić information content (AvgIpc) is 3.21. The minimum absolute atomic E-state index is 0.117. The first-order valence-electron chi connectivity index (χ1n) is 10.7. The number of fused-ring (bicyclic) bond motifs is 1. The number of amides is 1. The number of nitriles is 1. The number of imidazole rings is 1. The van der Waals surface area contributed by atoms with Gasteiger partial charge in [-0.15, -0.1) is 0 Å². The highest BCUT2D eigenvalue weighted by Gasteiger charge is 2.30. The van der Waals surface area contributed by atoms with E-state index in [4.69, 9.17) is 9.72 Å². The maximum Gasteiger partial charge on any atom is 0.410 e. The van der Waals surface area contributed by atoms with Gasteiger partial charge < -0.3 is 14.5 Å². The molecule has 1 atom stereocenters. The number of likely N-dealkylation sites (tertiary alicyclic amines) is 1. The normalized spacial score (nSPS) is 16.6. The van der Waals surface area contributed by atoms with E-state index in [0.29, 0.717) is 30.2 Å². The number of piperidine rings is 1.